The highest BCUT2D eigenvalue weighted by Crippen LogP contribution is 2.42. The summed E-state index contributed by atoms with van der Waals surface area (Å²) in [6, 6.07) is 10.6. The Morgan fingerprint density at radius 1 is 1.07 bits per heavy atom. The third-order valence-electron chi connectivity index (χ3n) is 6.19. The van der Waals surface area contributed by atoms with Gasteiger partial charge in [0.2, 0.25) is 0 Å². The first kappa shape index (κ1) is 20.8. The molecule has 160 valence electrons. The van der Waals surface area contributed by atoms with Gasteiger partial charge in [0.15, 0.2) is 0 Å². The Bertz CT molecular complexity index is 1030. The lowest BCUT2D eigenvalue weighted by atomic mass is 9.91. The summed E-state index contributed by atoms with van der Waals surface area (Å²) in [5.41, 5.74) is 2.88. The summed E-state index contributed by atoms with van der Waals surface area (Å²) in [6.45, 7) is 2.27. The van der Waals surface area contributed by atoms with Crippen LogP contribution in [0.15, 0.2) is 42.6 Å². The molecule has 0 N–H and O–H groups in total. The summed E-state index contributed by atoms with van der Waals surface area (Å²) >= 11 is 0. The third-order valence-corrected chi connectivity index (χ3v) is 6.19. The van der Waals surface area contributed by atoms with E-state index in [2.05, 4.69) is 17.7 Å². The molecule has 0 amide bonds. The van der Waals surface area contributed by atoms with E-state index in [1.165, 1.54) is 11.6 Å². The van der Waals surface area contributed by atoms with Gasteiger partial charge < -0.3 is 9.30 Å². The van der Waals surface area contributed by atoms with Crippen LogP contribution in [0.3, 0.4) is 0 Å². The van der Waals surface area contributed by atoms with Crippen molar-refractivity contribution in [2.75, 3.05) is 0 Å². The summed E-state index contributed by atoms with van der Waals surface area (Å²) in [7, 11) is 2.02. The Morgan fingerprint density at radius 2 is 1.83 bits per heavy atom. The first-order valence-corrected chi connectivity index (χ1v) is 10.8. The highest BCUT2D eigenvalue weighted by Gasteiger charge is 2.36. The average molecular weight is 415 g/mol. The van der Waals surface area contributed by atoms with E-state index < -0.39 is 11.7 Å². The number of benzene rings is 2. The molecular formula is C25H28F3NO. The number of halogens is 3. The SMILES string of the molecule is CCCc1cn(C)c2ccc(OCc3ccc(C4CCCC4)c(C(F)(F)F)c3)cc12. The number of hydrogen-bond acceptors (Lipinski definition) is 1. The minimum Gasteiger partial charge on any atom is -0.489 e. The molecular weight excluding hydrogens is 387 g/mol. The van der Waals surface area contributed by atoms with E-state index in [0.717, 1.165) is 49.4 Å². The molecule has 4 rings (SSSR count). The zero-order chi connectivity index (χ0) is 21.3. The number of hydrogen-bond donors (Lipinski definition) is 0. The topological polar surface area (TPSA) is 14.2 Å². The van der Waals surface area contributed by atoms with E-state index in [-0.39, 0.29) is 12.5 Å². The van der Waals surface area contributed by atoms with Crippen molar-refractivity contribution >= 4 is 10.9 Å². The van der Waals surface area contributed by atoms with E-state index in [4.69, 9.17) is 4.74 Å². The van der Waals surface area contributed by atoms with Gasteiger partial charge in [-0.25, -0.2) is 0 Å². The lowest BCUT2D eigenvalue weighted by molar-refractivity contribution is -0.138. The number of fused-ring (bicyclic) bond motifs is 1. The van der Waals surface area contributed by atoms with Gasteiger partial charge in [-0.1, -0.05) is 38.3 Å². The summed E-state index contributed by atoms with van der Waals surface area (Å²) in [5.74, 6) is 0.702. The second-order valence-electron chi connectivity index (χ2n) is 8.38. The molecule has 1 aliphatic carbocycles. The van der Waals surface area contributed by atoms with Crippen molar-refractivity contribution in [1.29, 1.82) is 0 Å². The molecule has 2 nitrogen and oxygen atoms in total. The molecule has 30 heavy (non-hydrogen) atoms. The van der Waals surface area contributed by atoms with Gasteiger partial charge in [-0.2, -0.15) is 13.2 Å². The van der Waals surface area contributed by atoms with Gasteiger partial charge in [0, 0.05) is 24.1 Å². The van der Waals surface area contributed by atoms with Gasteiger partial charge in [-0.3, -0.25) is 0 Å². The smallest absolute Gasteiger partial charge is 0.416 e. The van der Waals surface area contributed by atoms with Crippen molar-refractivity contribution in [3.05, 3.63) is 64.8 Å². The van der Waals surface area contributed by atoms with E-state index in [9.17, 15) is 13.2 Å². The van der Waals surface area contributed by atoms with Crippen LogP contribution < -0.4 is 4.74 Å². The van der Waals surface area contributed by atoms with Crippen molar-refractivity contribution in [1.82, 2.24) is 4.57 Å². The van der Waals surface area contributed by atoms with Gasteiger partial charge in [0.25, 0.3) is 0 Å². The molecule has 2 aromatic carbocycles. The van der Waals surface area contributed by atoms with E-state index in [1.807, 2.05) is 25.2 Å². The second-order valence-corrected chi connectivity index (χ2v) is 8.38. The zero-order valence-corrected chi connectivity index (χ0v) is 17.6. The molecule has 1 aromatic heterocycles. The maximum absolute atomic E-state index is 13.7. The first-order valence-electron chi connectivity index (χ1n) is 10.8. The minimum absolute atomic E-state index is 0.0223. The van der Waals surface area contributed by atoms with Crippen molar-refractivity contribution < 1.29 is 17.9 Å². The average Bonchev–Trinajstić information content (AvgIpc) is 3.35. The van der Waals surface area contributed by atoms with Gasteiger partial charge >= 0.3 is 6.18 Å². The molecule has 0 atom stereocenters. The molecule has 1 aliphatic rings. The Labute approximate surface area is 175 Å². The third kappa shape index (κ3) is 4.21. The first-order chi connectivity index (χ1) is 14.4. The highest BCUT2D eigenvalue weighted by atomic mass is 19.4. The second kappa shape index (κ2) is 8.37. The minimum atomic E-state index is -4.34. The molecule has 0 unspecified atom stereocenters. The molecule has 1 fully saturated rings. The normalized spacial score (nSPS) is 15.2. The monoisotopic (exact) mass is 415 g/mol. The quantitative estimate of drug-likeness (QED) is 0.409. The van der Waals surface area contributed by atoms with Gasteiger partial charge in [0.1, 0.15) is 12.4 Å². The van der Waals surface area contributed by atoms with Crippen LogP contribution in [0.4, 0.5) is 13.2 Å². The fourth-order valence-corrected chi connectivity index (χ4v) is 4.71. The van der Waals surface area contributed by atoms with E-state index in [1.54, 1.807) is 12.1 Å². The number of aryl methyl sites for hydroxylation is 2. The van der Waals surface area contributed by atoms with Crippen LogP contribution in [0.5, 0.6) is 5.75 Å². The predicted octanol–water partition coefficient (Wildman–Crippen LogP) is 7.39. The van der Waals surface area contributed by atoms with Crippen LogP contribution in [0.1, 0.15) is 67.2 Å². The number of aromatic nitrogens is 1. The molecule has 0 radical (unpaired) electrons. The Kier molecular flexibility index (Phi) is 5.81. The van der Waals surface area contributed by atoms with Gasteiger partial charge in [0.05, 0.1) is 5.56 Å². The fraction of sp³-hybridized carbons (Fsp3) is 0.440. The summed E-state index contributed by atoms with van der Waals surface area (Å²) < 4.78 is 49.1. The van der Waals surface area contributed by atoms with Crippen molar-refractivity contribution in [2.45, 2.75) is 64.1 Å². The van der Waals surface area contributed by atoms with Crippen LogP contribution in [0, 0.1) is 0 Å². The maximum Gasteiger partial charge on any atom is 0.416 e. The number of nitrogens with zero attached hydrogens (tertiary/aromatic N) is 1. The van der Waals surface area contributed by atoms with Crippen LogP contribution in [0.25, 0.3) is 10.9 Å². The lowest BCUT2D eigenvalue weighted by Gasteiger charge is -2.19. The molecule has 0 aliphatic heterocycles. The largest absolute Gasteiger partial charge is 0.489 e. The van der Waals surface area contributed by atoms with Crippen molar-refractivity contribution in [3.63, 3.8) is 0 Å². The molecule has 3 aromatic rings. The van der Waals surface area contributed by atoms with Gasteiger partial charge in [-0.05, 0) is 66.1 Å². The number of rotatable bonds is 6. The number of ether oxygens (including phenoxy) is 1. The Hall–Kier alpha value is -2.43. The van der Waals surface area contributed by atoms with Crippen LogP contribution in [0.2, 0.25) is 0 Å². The zero-order valence-electron chi connectivity index (χ0n) is 17.6. The van der Waals surface area contributed by atoms with Crippen LogP contribution in [-0.2, 0) is 26.3 Å². The predicted molar refractivity (Wildman–Crippen MR) is 114 cm³/mol. The van der Waals surface area contributed by atoms with E-state index >= 15 is 0 Å². The molecule has 1 saturated carbocycles. The molecule has 0 bridgehead atoms. The maximum atomic E-state index is 13.7. The molecule has 0 spiro atoms. The number of alkyl halides is 3. The summed E-state index contributed by atoms with van der Waals surface area (Å²) in [4.78, 5) is 0. The Balaban J connectivity index is 1.56. The van der Waals surface area contributed by atoms with Crippen molar-refractivity contribution in [2.24, 2.45) is 7.05 Å². The summed E-state index contributed by atoms with van der Waals surface area (Å²) in [5, 5.41) is 1.14. The van der Waals surface area contributed by atoms with Crippen LogP contribution >= 0.6 is 0 Å². The molecule has 5 heteroatoms. The highest BCUT2D eigenvalue weighted by molar-refractivity contribution is 5.85. The lowest BCUT2D eigenvalue weighted by Crippen LogP contribution is -2.12. The Morgan fingerprint density at radius 3 is 2.53 bits per heavy atom. The molecule has 0 saturated heterocycles. The fourth-order valence-electron chi connectivity index (χ4n) is 4.71. The van der Waals surface area contributed by atoms with Crippen molar-refractivity contribution in [3.8, 4) is 5.75 Å². The van der Waals surface area contributed by atoms with Crippen LogP contribution in [-0.4, -0.2) is 4.57 Å². The van der Waals surface area contributed by atoms with E-state index in [0.29, 0.717) is 16.9 Å². The molecule has 1 heterocycles. The van der Waals surface area contributed by atoms with Gasteiger partial charge in [-0.15, -0.1) is 0 Å². The standard InChI is InChI=1S/C25H28F3NO/c1-3-6-19-15-29(2)24-12-10-20(14-22(19)24)30-16-17-9-11-21(18-7-4-5-8-18)23(13-17)25(26,27)28/h9-15,18H,3-8,16H2,1-2H3. The summed E-state index contributed by atoms with van der Waals surface area (Å²) in [6.07, 6.45) is 3.53.